The highest BCUT2D eigenvalue weighted by molar-refractivity contribution is 4.77. The molecule has 0 aliphatic carbocycles. The van der Waals surface area contributed by atoms with E-state index in [-0.39, 0.29) is 0 Å². The SMILES string of the molecule is FC(F)(F)CC(C(F)(F)F)C(F)(F)F. The zero-order chi connectivity index (χ0) is 11.8. The van der Waals surface area contributed by atoms with Crippen LogP contribution in [-0.4, -0.2) is 18.5 Å². The third kappa shape index (κ3) is 4.56. The lowest BCUT2D eigenvalue weighted by Crippen LogP contribution is -2.39. The lowest BCUT2D eigenvalue weighted by molar-refractivity contribution is -0.308. The third-order valence-electron chi connectivity index (χ3n) is 1.23. The van der Waals surface area contributed by atoms with E-state index in [2.05, 4.69) is 0 Å². The Labute approximate surface area is 71.7 Å². The van der Waals surface area contributed by atoms with Gasteiger partial charge in [-0.3, -0.25) is 0 Å². The molecule has 0 bridgehead atoms. The van der Waals surface area contributed by atoms with E-state index in [9.17, 15) is 39.5 Å². The van der Waals surface area contributed by atoms with Gasteiger partial charge in [0, 0.05) is 0 Å². The molecule has 0 fully saturated rings. The summed E-state index contributed by atoms with van der Waals surface area (Å²) in [4.78, 5) is 0. The van der Waals surface area contributed by atoms with Gasteiger partial charge in [0.25, 0.3) is 0 Å². The smallest absolute Gasteiger partial charge is 0.171 e. The molecule has 14 heavy (non-hydrogen) atoms. The Bertz CT molecular complexity index is 167. The fourth-order valence-corrected chi connectivity index (χ4v) is 0.648. The molecule has 0 saturated carbocycles. The minimum Gasteiger partial charge on any atom is -0.171 e. The number of hydrogen-bond donors (Lipinski definition) is 0. The standard InChI is InChI=1S/C5H3F9/c6-3(7,8)1-2(4(9,10)11)5(12,13)14/h2H,1H2. The average molecular weight is 234 g/mol. The molecule has 0 aromatic rings. The van der Waals surface area contributed by atoms with Crippen molar-refractivity contribution in [3.8, 4) is 0 Å². The van der Waals surface area contributed by atoms with Crippen LogP contribution in [0.3, 0.4) is 0 Å². The van der Waals surface area contributed by atoms with Crippen LogP contribution in [0.5, 0.6) is 0 Å². The van der Waals surface area contributed by atoms with Crippen LogP contribution in [0.1, 0.15) is 6.42 Å². The molecule has 0 aromatic carbocycles. The summed E-state index contributed by atoms with van der Waals surface area (Å²) in [5.74, 6) is -4.35. The Morgan fingerprint density at radius 3 is 1.00 bits per heavy atom. The van der Waals surface area contributed by atoms with Crippen molar-refractivity contribution in [2.24, 2.45) is 5.92 Å². The maximum Gasteiger partial charge on any atom is 0.400 e. The molecule has 0 spiro atoms. The average Bonchev–Trinajstić information content (AvgIpc) is 1.75. The first-order valence-electron chi connectivity index (χ1n) is 3.04. The molecule has 86 valence electrons. The molecule has 0 rings (SSSR count). The summed E-state index contributed by atoms with van der Waals surface area (Å²) in [6.07, 6.45) is -20.3. The summed E-state index contributed by atoms with van der Waals surface area (Å²) in [5.41, 5.74) is 0. The Balaban J connectivity index is 4.78. The molecule has 0 N–H and O–H groups in total. The van der Waals surface area contributed by atoms with E-state index < -0.39 is 30.9 Å². The van der Waals surface area contributed by atoms with Crippen LogP contribution < -0.4 is 0 Å². The van der Waals surface area contributed by atoms with Crippen LogP contribution in [0, 0.1) is 5.92 Å². The lowest BCUT2D eigenvalue weighted by Gasteiger charge is -2.23. The molecular formula is C5H3F9. The second kappa shape index (κ2) is 3.50. The summed E-state index contributed by atoms with van der Waals surface area (Å²) in [6, 6.07) is 0. The highest BCUT2D eigenvalue weighted by Gasteiger charge is 2.60. The monoisotopic (exact) mass is 234 g/mol. The van der Waals surface area contributed by atoms with E-state index in [1.165, 1.54) is 0 Å². The van der Waals surface area contributed by atoms with Gasteiger partial charge in [0.05, 0.1) is 6.42 Å². The Kier molecular flexibility index (Phi) is 3.34. The van der Waals surface area contributed by atoms with Crippen molar-refractivity contribution in [1.29, 1.82) is 0 Å². The maximum atomic E-state index is 11.5. The number of halogens is 9. The molecule has 0 atom stereocenters. The molecule has 0 radical (unpaired) electrons. The van der Waals surface area contributed by atoms with Crippen LogP contribution in [0.25, 0.3) is 0 Å². The molecule has 0 amide bonds. The first kappa shape index (κ1) is 13.4. The maximum absolute atomic E-state index is 11.5. The Morgan fingerprint density at radius 1 is 0.643 bits per heavy atom. The van der Waals surface area contributed by atoms with Crippen molar-refractivity contribution < 1.29 is 39.5 Å². The summed E-state index contributed by atoms with van der Waals surface area (Å²) >= 11 is 0. The van der Waals surface area contributed by atoms with E-state index in [1.54, 1.807) is 0 Å². The van der Waals surface area contributed by atoms with Crippen LogP contribution >= 0.6 is 0 Å². The molecule has 0 heterocycles. The van der Waals surface area contributed by atoms with Gasteiger partial charge in [0.15, 0.2) is 5.92 Å². The van der Waals surface area contributed by atoms with Crippen molar-refractivity contribution in [1.82, 2.24) is 0 Å². The van der Waals surface area contributed by atoms with Gasteiger partial charge in [-0.1, -0.05) is 0 Å². The van der Waals surface area contributed by atoms with Crippen molar-refractivity contribution in [2.75, 3.05) is 0 Å². The quantitative estimate of drug-likeness (QED) is 0.607. The second-order valence-corrected chi connectivity index (χ2v) is 2.46. The van der Waals surface area contributed by atoms with Crippen LogP contribution in [-0.2, 0) is 0 Å². The van der Waals surface area contributed by atoms with Crippen molar-refractivity contribution in [3.05, 3.63) is 0 Å². The fraction of sp³-hybridized carbons (Fsp3) is 1.00. The number of alkyl halides is 9. The van der Waals surface area contributed by atoms with E-state index in [4.69, 9.17) is 0 Å². The molecule has 0 unspecified atom stereocenters. The fourth-order valence-electron chi connectivity index (χ4n) is 0.648. The van der Waals surface area contributed by atoms with Gasteiger partial charge >= 0.3 is 18.5 Å². The zero-order valence-electron chi connectivity index (χ0n) is 6.19. The molecule has 0 aromatic heterocycles. The predicted molar refractivity (Wildman–Crippen MR) is 26.3 cm³/mol. The van der Waals surface area contributed by atoms with E-state index in [0.29, 0.717) is 0 Å². The van der Waals surface area contributed by atoms with Gasteiger partial charge in [0.2, 0.25) is 0 Å². The summed E-state index contributed by atoms with van der Waals surface area (Å²) in [5, 5.41) is 0. The molecule has 0 aliphatic rings. The topological polar surface area (TPSA) is 0 Å². The van der Waals surface area contributed by atoms with Gasteiger partial charge in [-0.2, -0.15) is 39.5 Å². The van der Waals surface area contributed by atoms with E-state index in [1.807, 2.05) is 0 Å². The van der Waals surface area contributed by atoms with Gasteiger partial charge in [0.1, 0.15) is 0 Å². The van der Waals surface area contributed by atoms with Gasteiger partial charge < -0.3 is 0 Å². The lowest BCUT2D eigenvalue weighted by atomic mass is 10.0. The van der Waals surface area contributed by atoms with Crippen LogP contribution in [0.2, 0.25) is 0 Å². The Morgan fingerprint density at radius 2 is 0.929 bits per heavy atom. The minimum atomic E-state index is -5.94. The summed E-state index contributed by atoms with van der Waals surface area (Å²) in [7, 11) is 0. The Hall–Kier alpha value is -0.630. The van der Waals surface area contributed by atoms with Crippen molar-refractivity contribution in [3.63, 3.8) is 0 Å². The zero-order valence-corrected chi connectivity index (χ0v) is 6.19. The van der Waals surface area contributed by atoms with Crippen molar-refractivity contribution in [2.45, 2.75) is 24.9 Å². The second-order valence-electron chi connectivity index (χ2n) is 2.46. The van der Waals surface area contributed by atoms with E-state index >= 15 is 0 Å². The molecule has 0 saturated heterocycles. The van der Waals surface area contributed by atoms with Gasteiger partial charge in [-0.25, -0.2) is 0 Å². The minimum absolute atomic E-state index is 2.94. The first-order valence-corrected chi connectivity index (χ1v) is 3.04. The molecular weight excluding hydrogens is 231 g/mol. The number of rotatable bonds is 1. The largest absolute Gasteiger partial charge is 0.400 e. The molecule has 9 heteroatoms. The van der Waals surface area contributed by atoms with E-state index in [0.717, 1.165) is 0 Å². The highest BCUT2D eigenvalue weighted by Crippen LogP contribution is 2.44. The summed E-state index contributed by atoms with van der Waals surface area (Å²) in [6.45, 7) is 0. The van der Waals surface area contributed by atoms with Crippen LogP contribution in [0.15, 0.2) is 0 Å². The summed E-state index contributed by atoms with van der Waals surface area (Å²) < 4.78 is 103. The van der Waals surface area contributed by atoms with Crippen LogP contribution in [0.4, 0.5) is 39.5 Å². The van der Waals surface area contributed by atoms with Crippen molar-refractivity contribution >= 4 is 0 Å². The molecule has 0 aliphatic heterocycles. The third-order valence-corrected chi connectivity index (χ3v) is 1.23. The first-order chi connectivity index (χ1) is 5.84. The van der Waals surface area contributed by atoms with Gasteiger partial charge in [-0.05, 0) is 0 Å². The molecule has 0 nitrogen and oxygen atoms in total. The number of hydrogen-bond acceptors (Lipinski definition) is 0. The van der Waals surface area contributed by atoms with Gasteiger partial charge in [-0.15, -0.1) is 0 Å². The predicted octanol–water partition coefficient (Wildman–Crippen LogP) is 3.68. The normalized spacial score (nSPS) is 15.0. The highest BCUT2D eigenvalue weighted by atomic mass is 19.4.